The van der Waals surface area contributed by atoms with Gasteiger partial charge in [-0.05, 0) is 34.6 Å². The van der Waals surface area contributed by atoms with E-state index in [4.69, 9.17) is 4.18 Å². The summed E-state index contributed by atoms with van der Waals surface area (Å²) in [6, 6.07) is -4.74. The van der Waals surface area contributed by atoms with E-state index in [0.29, 0.717) is 5.57 Å². The first-order valence-electron chi connectivity index (χ1n) is 15.6. The van der Waals surface area contributed by atoms with Gasteiger partial charge in [-0.15, -0.1) is 0 Å². The minimum atomic E-state index is -5.67. The van der Waals surface area contributed by atoms with Crippen molar-refractivity contribution in [3.63, 3.8) is 0 Å². The Bertz CT molecular complexity index is 1980. The molecule has 0 aromatic heterocycles. The van der Waals surface area contributed by atoms with Crippen molar-refractivity contribution < 1.29 is 127 Å². The Morgan fingerprint density at radius 2 is 1.00 bits per heavy atom. The van der Waals surface area contributed by atoms with E-state index >= 15 is 0 Å². The number of carbonyl (C=O) groups is 5. The molecule has 0 fully saturated rings. The number of hydrogen-bond acceptors (Lipinski definition) is 16. The third kappa shape index (κ3) is 33.0. The molecular formula is C30H52CaKN5NaO17RbS4. The molecule has 0 heterocycles. The molecule has 60 heavy (non-hydrogen) atoms. The molecule has 0 spiro atoms. The number of nitrogens with one attached hydrogen (secondary N) is 5. The summed E-state index contributed by atoms with van der Waals surface area (Å²) in [5.74, 6) is -5.71. The van der Waals surface area contributed by atoms with Gasteiger partial charge in [-0.1, -0.05) is 32.9 Å². The van der Waals surface area contributed by atoms with Crippen molar-refractivity contribution in [2.45, 2.75) is 57.2 Å². The molecule has 0 saturated heterocycles. The van der Waals surface area contributed by atoms with Crippen LogP contribution >= 0.6 is 0 Å². The predicted molar refractivity (Wildman–Crippen MR) is 225 cm³/mol. The monoisotopic (exact) mass is 1070 g/mol. The van der Waals surface area contributed by atoms with E-state index in [1.807, 2.05) is 10.6 Å². The summed E-state index contributed by atoms with van der Waals surface area (Å²) in [5, 5.41) is 5.52. The van der Waals surface area contributed by atoms with Crippen LogP contribution in [0.3, 0.4) is 0 Å². The van der Waals surface area contributed by atoms with Crippen molar-refractivity contribution in [1.29, 1.82) is 0 Å². The molecule has 0 bridgehead atoms. The van der Waals surface area contributed by atoms with E-state index in [1.165, 1.54) is 13.8 Å². The Kier molecular flexibility index (Phi) is 43.3. The van der Waals surface area contributed by atoms with Gasteiger partial charge in [0, 0.05) is 54.1 Å². The summed E-state index contributed by atoms with van der Waals surface area (Å²) in [4.78, 5) is 59.7. The maximum absolute atomic E-state index is 12.9. The summed E-state index contributed by atoms with van der Waals surface area (Å²) in [5.41, 5.74) is -0.269. The van der Waals surface area contributed by atoms with Crippen molar-refractivity contribution >= 4 is 196 Å². The number of amides is 5. The molecule has 22 nitrogen and oxygen atoms in total. The molecule has 0 aromatic carbocycles. The molecule has 328 valence electrons. The Morgan fingerprint density at radius 1 is 0.633 bits per heavy atom. The van der Waals surface area contributed by atoms with Crippen LogP contribution in [0.25, 0.3) is 0 Å². The quantitative estimate of drug-likeness (QED) is 0.0118. The standard InChI is InChI=1S/C24H38N4O13S3.C6H10NO4S.Ca.K.Na.Rb.4H/c1-13(2)21(29)25-9-10-41-42(33,34)12-17(27-23(31)15(5)6)20(44(38,39)40)19(28-24(32)16(7)8)18(43(35,36)37)11-26-22(30)14(3)4;1-5(2)6(8)7-3-4-11-12(9)10;;;;;;;;/h17-20H,1,3,5,7,9-12H2,2,4,6,8H3,(H,25,29)(H,26,30)(H,27,31)(H,28,32)(H,35,36,37)(H,38,39,40);1,3-4H2,2H3,(H,7,8);;;;;;;;/q;-1;;+1;;;;;;. The van der Waals surface area contributed by atoms with Gasteiger partial charge < -0.3 is 39.2 Å². The van der Waals surface area contributed by atoms with Gasteiger partial charge in [0.2, 0.25) is 29.5 Å². The normalized spacial score (nSPS) is 12.7. The number of rotatable bonds is 24. The zero-order chi connectivity index (χ0) is 44.4. The van der Waals surface area contributed by atoms with E-state index in [9.17, 15) is 66.7 Å². The van der Waals surface area contributed by atoms with Crippen LogP contribution in [0.1, 0.15) is 34.6 Å². The Hall–Kier alpha value is 1.39. The van der Waals surface area contributed by atoms with Gasteiger partial charge in [0.1, 0.15) is 10.5 Å². The minimum absolute atomic E-state index is 0. The first-order valence-corrected chi connectivity index (χ1v) is 21.2. The average molecular weight is 1070 g/mol. The fraction of sp³-hybridized carbons (Fsp3) is 0.500. The Labute approximate surface area is 496 Å². The van der Waals surface area contributed by atoms with Crippen LogP contribution in [0, 0.1) is 0 Å². The predicted octanol–water partition coefficient (Wildman–Crippen LogP) is -6.94. The third-order valence-electron chi connectivity index (χ3n) is 6.50. The topological polar surface area (TPSA) is 341 Å². The summed E-state index contributed by atoms with van der Waals surface area (Å²) in [6.45, 7) is 21.2. The average Bonchev–Trinajstić information content (AvgIpc) is 3.03. The van der Waals surface area contributed by atoms with E-state index in [2.05, 4.69) is 53.0 Å². The van der Waals surface area contributed by atoms with Crippen LogP contribution < -0.4 is 78.0 Å². The van der Waals surface area contributed by atoms with Gasteiger partial charge in [-0.25, -0.2) is 0 Å². The molecule has 4 unspecified atom stereocenters. The zero-order valence-electron chi connectivity index (χ0n) is 32.2. The van der Waals surface area contributed by atoms with Gasteiger partial charge in [0.25, 0.3) is 30.4 Å². The van der Waals surface area contributed by atoms with Gasteiger partial charge >= 0.3 is 177 Å². The second-order valence-electron chi connectivity index (χ2n) is 11.8. The van der Waals surface area contributed by atoms with Gasteiger partial charge in [0.15, 0.2) is 0 Å². The summed E-state index contributed by atoms with van der Waals surface area (Å²) < 4.78 is 125. The molecule has 0 radical (unpaired) electrons. The van der Waals surface area contributed by atoms with Crippen LogP contribution in [0.15, 0.2) is 60.8 Å². The van der Waals surface area contributed by atoms with Crippen LogP contribution in [-0.4, -0.2) is 251 Å². The van der Waals surface area contributed by atoms with Crippen molar-refractivity contribution in [1.82, 2.24) is 26.6 Å². The van der Waals surface area contributed by atoms with Crippen LogP contribution in [0.5, 0.6) is 0 Å². The SMILES string of the molecule is C=C(C)C(=O)NCCOS(=O)(=O)CC(NC(=O)C(=C)C)C(C(NC(=O)C(=C)C)C(CNC(=O)C(=C)C)S(=O)(=O)O)S(=O)(=O)O.C=C(C)C(=O)NCCO[S-](=O)=O.[CaH2].[K+].[NaH].[RbH]. The molecule has 0 aromatic rings. The van der Waals surface area contributed by atoms with E-state index in [1.54, 1.807) is 6.92 Å². The van der Waals surface area contributed by atoms with Crippen LogP contribution in [-0.2, 0) is 82.1 Å². The molecule has 0 rings (SSSR count). The van der Waals surface area contributed by atoms with Crippen molar-refractivity contribution in [2.75, 3.05) is 38.6 Å². The maximum atomic E-state index is 12.9. The molecule has 0 aliphatic carbocycles. The van der Waals surface area contributed by atoms with Gasteiger partial charge in [-0.3, -0.25) is 37.3 Å². The van der Waals surface area contributed by atoms with E-state index < -0.39 is 106 Å². The van der Waals surface area contributed by atoms with Gasteiger partial charge in [0.05, 0.1) is 35.4 Å². The van der Waals surface area contributed by atoms with Crippen LogP contribution in [0.4, 0.5) is 0 Å². The third-order valence-corrected chi connectivity index (χ3v) is 10.7. The molecular weight excluding hydrogens is 1020 g/mol. The van der Waals surface area contributed by atoms with Crippen molar-refractivity contribution in [2.24, 2.45) is 0 Å². The van der Waals surface area contributed by atoms with E-state index in [-0.39, 0.29) is 225 Å². The Morgan fingerprint density at radius 3 is 1.35 bits per heavy atom. The first kappa shape index (κ1) is 73.0. The molecule has 30 heteroatoms. The Balaban J connectivity index is -0.000000394. The number of carbonyl (C=O) groups excluding carboxylic acids is 5. The fourth-order valence-corrected chi connectivity index (χ4v) is 7.47. The van der Waals surface area contributed by atoms with Crippen molar-refractivity contribution in [3.8, 4) is 0 Å². The first-order chi connectivity index (χ1) is 25.3. The fourth-order valence-electron chi connectivity index (χ4n) is 3.75. The zero-order valence-corrected chi connectivity index (χ0v) is 38.6. The summed E-state index contributed by atoms with van der Waals surface area (Å²) in [7, 11) is -18.5. The second-order valence-corrected chi connectivity index (χ2v) is 17.3. The molecule has 0 aliphatic rings. The second kappa shape index (κ2) is 35.6. The number of hydrogen-bond donors (Lipinski definition) is 7. The van der Waals surface area contributed by atoms with Gasteiger partial charge in [-0.2, -0.15) is 25.3 Å². The molecule has 0 aliphatic heterocycles. The molecule has 0 saturated carbocycles. The van der Waals surface area contributed by atoms with E-state index in [0.717, 1.165) is 13.8 Å². The summed E-state index contributed by atoms with van der Waals surface area (Å²) >= 11 is 0. The molecule has 5 amide bonds. The van der Waals surface area contributed by atoms with Crippen LogP contribution in [0.2, 0.25) is 0 Å². The summed E-state index contributed by atoms with van der Waals surface area (Å²) in [6.07, 6.45) is 0. The molecule has 4 atom stereocenters. The molecule has 7 N–H and O–H groups in total. The van der Waals surface area contributed by atoms with Crippen molar-refractivity contribution in [3.05, 3.63) is 60.8 Å².